The molecule has 2 saturated heterocycles. The maximum Gasteiger partial charge on any atom is 0.418 e. The second-order valence-corrected chi connectivity index (χ2v) is 11.8. The monoisotopic (exact) mass is 634 g/mol. The van der Waals surface area contributed by atoms with Gasteiger partial charge >= 0.3 is 12.2 Å². The molecule has 2 atom stereocenters. The van der Waals surface area contributed by atoms with E-state index < -0.39 is 28.8 Å². The number of benzene rings is 1. The fourth-order valence-electron chi connectivity index (χ4n) is 6.08. The molecule has 5 rings (SSSR count). The van der Waals surface area contributed by atoms with Crippen LogP contribution >= 0.6 is 11.6 Å². The smallest absolute Gasteiger partial charge is 0.418 e. The quantitative estimate of drug-likeness (QED) is 0.231. The van der Waals surface area contributed by atoms with Gasteiger partial charge in [0.2, 0.25) is 5.91 Å². The van der Waals surface area contributed by atoms with E-state index in [0.717, 1.165) is 19.4 Å². The molecule has 2 unspecified atom stereocenters. The molecule has 0 N–H and O–H groups in total. The number of rotatable bonds is 7. The normalized spacial score (nSPS) is 19.6. The minimum absolute atomic E-state index is 0.0798. The highest BCUT2D eigenvalue weighted by molar-refractivity contribution is 6.34. The maximum absolute atomic E-state index is 16.7. The Morgan fingerprint density at radius 3 is 2.57 bits per heavy atom. The number of hydrogen-bond acceptors (Lipinski definition) is 7. The lowest BCUT2D eigenvalue weighted by molar-refractivity contribution is -0.137. The second-order valence-electron chi connectivity index (χ2n) is 11.4. The summed E-state index contributed by atoms with van der Waals surface area (Å²) < 4.78 is 65.6. The molecule has 4 heterocycles. The highest BCUT2D eigenvalue weighted by Gasteiger charge is 2.39. The zero-order valence-corrected chi connectivity index (χ0v) is 25.9. The van der Waals surface area contributed by atoms with E-state index in [9.17, 15) is 18.0 Å². The van der Waals surface area contributed by atoms with Crippen LogP contribution in [0.25, 0.3) is 22.2 Å². The molecule has 0 saturated carbocycles. The SMILES string of the molecule is C=CC(=O)N1CCN(c2nc(OCC3CCCN3C)nc3c(F)c(-c4nc(CC)cc(C)c4C(F)(F)F)c(Cl)cc23)C(C)C1. The summed E-state index contributed by atoms with van der Waals surface area (Å²) in [5.41, 5.74) is -2.06. The average molecular weight is 635 g/mol. The minimum Gasteiger partial charge on any atom is -0.462 e. The molecule has 3 aromatic rings. The topological polar surface area (TPSA) is 74.7 Å². The van der Waals surface area contributed by atoms with Crippen molar-refractivity contribution in [2.75, 3.05) is 44.7 Å². The number of amides is 1. The Morgan fingerprint density at radius 1 is 1.20 bits per heavy atom. The van der Waals surface area contributed by atoms with Crippen molar-refractivity contribution in [1.82, 2.24) is 24.8 Å². The number of alkyl halides is 3. The number of nitrogens with zero attached hydrogens (tertiary/aromatic N) is 6. The molecule has 0 spiro atoms. The molecule has 8 nitrogen and oxygen atoms in total. The Morgan fingerprint density at radius 2 is 1.95 bits per heavy atom. The van der Waals surface area contributed by atoms with Gasteiger partial charge in [0.05, 0.1) is 21.8 Å². The molecule has 0 bridgehead atoms. The third kappa shape index (κ3) is 6.06. The number of likely N-dealkylation sites (N-methyl/N-ethyl adjacent to an activating group) is 1. The molecule has 0 aliphatic carbocycles. The summed E-state index contributed by atoms with van der Waals surface area (Å²) in [6.45, 7) is 10.8. The zero-order chi connectivity index (χ0) is 31.9. The van der Waals surface area contributed by atoms with Crippen LogP contribution < -0.4 is 9.64 Å². The molecule has 0 radical (unpaired) electrons. The summed E-state index contributed by atoms with van der Waals surface area (Å²) in [7, 11) is 1.99. The first-order valence-electron chi connectivity index (χ1n) is 14.6. The van der Waals surface area contributed by atoms with Crippen molar-refractivity contribution in [1.29, 1.82) is 0 Å². The molecule has 2 aromatic heterocycles. The van der Waals surface area contributed by atoms with E-state index in [-0.39, 0.29) is 52.1 Å². The second kappa shape index (κ2) is 12.5. The lowest BCUT2D eigenvalue weighted by Gasteiger charge is -2.40. The van der Waals surface area contributed by atoms with Crippen molar-refractivity contribution in [2.24, 2.45) is 0 Å². The Bertz CT molecular complexity index is 1600. The van der Waals surface area contributed by atoms with Gasteiger partial charge in [0.1, 0.15) is 17.9 Å². The van der Waals surface area contributed by atoms with Crippen LogP contribution in [0.15, 0.2) is 24.8 Å². The van der Waals surface area contributed by atoms with Crippen molar-refractivity contribution in [3.8, 4) is 17.3 Å². The lowest BCUT2D eigenvalue weighted by Crippen LogP contribution is -2.53. The summed E-state index contributed by atoms with van der Waals surface area (Å²) >= 11 is 6.62. The van der Waals surface area contributed by atoms with Crippen LogP contribution in [0.2, 0.25) is 5.02 Å². The van der Waals surface area contributed by atoms with Gasteiger partial charge < -0.3 is 19.4 Å². The summed E-state index contributed by atoms with van der Waals surface area (Å²) in [6.07, 6.45) is -1.28. The first-order valence-corrected chi connectivity index (χ1v) is 15.0. The Balaban J connectivity index is 1.69. The van der Waals surface area contributed by atoms with Crippen molar-refractivity contribution in [3.05, 3.63) is 52.4 Å². The molecule has 2 aliphatic rings. The number of anilines is 1. The molecule has 1 aromatic carbocycles. The first kappa shape index (κ1) is 31.9. The lowest BCUT2D eigenvalue weighted by atomic mass is 9.97. The molecular weight excluding hydrogens is 600 g/mol. The molecule has 13 heteroatoms. The fourth-order valence-corrected chi connectivity index (χ4v) is 6.36. The molecular formula is C31H35ClF4N6O2. The summed E-state index contributed by atoms with van der Waals surface area (Å²) in [5.74, 6) is -0.930. The van der Waals surface area contributed by atoms with Crippen LogP contribution in [-0.2, 0) is 17.4 Å². The number of carbonyl (C=O) groups excluding carboxylic acids is 1. The number of fused-ring (bicyclic) bond motifs is 1. The van der Waals surface area contributed by atoms with E-state index in [1.165, 1.54) is 25.1 Å². The number of carbonyl (C=O) groups is 1. The fraction of sp³-hybridized carbons (Fsp3) is 0.484. The van der Waals surface area contributed by atoms with Gasteiger partial charge in [0.15, 0.2) is 5.82 Å². The number of aryl methyl sites for hydroxylation is 2. The summed E-state index contributed by atoms with van der Waals surface area (Å²) in [5, 5.41) is -0.0336. The van der Waals surface area contributed by atoms with Crippen LogP contribution in [0.3, 0.4) is 0 Å². The van der Waals surface area contributed by atoms with Gasteiger partial charge in [-0.05, 0) is 70.5 Å². The summed E-state index contributed by atoms with van der Waals surface area (Å²) in [4.78, 5) is 31.3. The number of halogens is 5. The summed E-state index contributed by atoms with van der Waals surface area (Å²) in [6, 6.07) is 2.52. The van der Waals surface area contributed by atoms with Crippen LogP contribution in [0.1, 0.15) is 43.5 Å². The van der Waals surface area contributed by atoms with Gasteiger partial charge in [0.25, 0.3) is 0 Å². The van der Waals surface area contributed by atoms with E-state index >= 15 is 4.39 Å². The largest absolute Gasteiger partial charge is 0.462 e. The third-order valence-corrected chi connectivity index (χ3v) is 8.75. The number of piperazine rings is 1. The Labute approximate surface area is 258 Å². The van der Waals surface area contributed by atoms with Gasteiger partial charge in [-0.25, -0.2) is 4.39 Å². The average Bonchev–Trinajstić information content (AvgIpc) is 3.38. The standard InChI is InChI=1S/C31H35ClF4N6O2/c1-6-19-13-17(3)25(31(34,35)36)28(37-19)24-22(32)14-21-27(26(24)33)38-30(44-16-20-9-8-10-40(20)5)39-29(21)42-12-11-41(15-18(42)4)23(43)7-2/h7,13-14,18,20H,2,6,8-12,15-16H2,1,3-5H3. The van der Waals surface area contributed by atoms with Gasteiger partial charge in [-0.3, -0.25) is 9.78 Å². The molecule has 2 fully saturated rings. The van der Waals surface area contributed by atoms with Crippen molar-refractivity contribution < 1.29 is 27.1 Å². The van der Waals surface area contributed by atoms with Crippen LogP contribution in [-0.4, -0.2) is 82.6 Å². The number of ether oxygens (including phenoxy) is 1. The molecule has 236 valence electrons. The maximum atomic E-state index is 16.7. The Kier molecular flexibility index (Phi) is 9.04. The van der Waals surface area contributed by atoms with Gasteiger partial charge in [-0.2, -0.15) is 23.1 Å². The number of likely N-dealkylation sites (tertiary alicyclic amines) is 1. The molecule has 44 heavy (non-hydrogen) atoms. The van der Waals surface area contributed by atoms with Crippen LogP contribution in [0.5, 0.6) is 6.01 Å². The number of aromatic nitrogens is 3. The van der Waals surface area contributed by atoms with Crippen molar-refractivity contribution >= 4 is 34.2 Å². The number of hydrogen-bond donors (Lipinski definition) is 0. The van der Waals surface area contributed by atoms with Gasteiger partial charge in [0, 0.05) is 42.8 Å². The predicted molar refractivity (Wildman–Crippen MR) is 162 cm³/mol. The predicted octanol–water partition coefficient (Wildman–Crippen LogP) is 6.07. The van der Waals surface area contributed by atoms with Gasteiger partial charge in [-0.15, -0.1) is 0 Å². The highest BCUT2D eigenvalue weighted by Crippen LogP contribution is 2.44. The van der Waals surface area contributed by atoms with Crippen molar-refractivity contribution in [2.45, 2.75) is 58.3 Å². The minimum atomic E-state index is -4.81. The first-order chi connectivity index (χ1) is 20.8. The van der Waals surface area contributed by atoms with Gasteiger partial charge in [-0.1, -0.05) is 25.1 Å². The molecule has 1 amide bonds. The third-order valence-electron chi connectivity index (χ3n) is 8.46. The zero-order valence-electron chi connectivity index (χ0n) is 25.1. The van der Waals surface area contributed by atoms with E-state index in [1.807, 2.05) is 18.9 Å². The van der Waals surface area contributed by atoms with E-state index in [1.54, 1.807) is 11.8 Å². The van der Waals surface area contributed by atoms with Crippen molar-refractivity contribution in [3.63, 3.8) is 0 Å². The van der Waals surface area contributed by atoms with Crippen LogP contribution in [0, 0.1) is 12.7 Å². The number of pyridine rings is 1. The van der Waals surface area contributed by atoms with E-state index in [2.05, 4.69) is 26.4 Å². The van der Waals surface area contributed by atoms with Crippen LogP contribution in [0.4, 0.5) is 23.4 Å². The highest BCUT2D eigenvalue weighted by atomic mass is 35.5. The van der Waals surface area contributed by atoms with E-state index in [4.69, 9.17) is 16.3 Å². The van der Waals surface area contributed by atoms with E-state index in [0.29, 0.717) is 37.6 Å². The Hall–Kier alpha value is -3.51. The molecule has 2 aliphatic heterocycles.